The van der Waals surface area contributed by atoms with E-state index < -0.39 is 11.7 Å². The van der Waals surface area contributed by atoms with E-state index in [1.165, 1.54) is 24.4 Å². The first-order valence-corrected chi connectivity index (χ1v) is 8.50. The van der Waals surface area contributed by atoms with E-state index in [1.807, 2.05) is 36.5 Å². The molecule has 1 aromatic heterocycles. The van der Waals surface area contributed by atoms with E-state index in [-0.39, 0.29) is 12.4 Å². The van der Waals surface area contributed by atoms with Crippen LogP contribution in [0.4, 0.5) is 4.39 Å². The molecular weight excluding hydrogens is 361 g/mol. The van der Waals surface area contributed by atoms with Crippen molar-refractivity contribution in [2.24, 2.45) is 5.10 Å². The van der Waals surface area contributed by atoms with Crippen molar-refractivity contribution in [2.45, 2.75) is 6.54 Å². The fourth-order valence-corrected chi connectivity index (χ4v) is 2.27. The third-order valence-electron chi connectivity index (χ3n) is 3.53. The van der Waals surface area contributed by atoms with Gasteiger partial charge in [-0.1, -0.05) is 41.6 Å². The lowest BCUT2D eigenvalue weighted by molar-refractivity contribution is -0.123. The highest BCUT2D eigenvalue weighted by Gasteiger charge is 2.02. The van der Waals surface area contributed by atoms with Gasteiger partial charge < -0.3 is 4.74 Å². The standard InChI is InChI=1S/C20H18FN5O2/c21-17-8-4-10-19(12-17)28-15-20(27)24-22-11-5-9-18-14-26(25-23-18)13-16-6-2-1-3-7-16/h1-12,14H,13,15H2,(H,24,27)/b9-5+,22-11-. The third kappa shape index (κ3) is 6.17. The van der Waals surface area contributed by atoms with Crippen molar-refractivity contribution in [1.29, 1.82) is 0 Å². The Labute approximate surface area is 161 Å². The predicted octanol–water partition coefficient (Wildman–Crippen LogP) is 2.66. The summed E-state index contributed by atoms with van der Waals surface area (Å²) >= 11 is 0. The maximum absolute atomic E-state index is 13.0. The summed E-state index contributed by atoms with van der Waals surface area (Å²) in [6, 6.07) is 15.5. The molecule has 8 heteroatoms. The van der Waals surface area contributed by atoms with E-state index in [4.69, 9.17) is 4.74 Å². The Morgan fingerprint density at radius 1 is 1.21 bits per heavy atom. The van der Waals surface area contributed by atoms with Crippen LogP contribution in [0.25, 0.3) is 6.08 Å². The average molecular weight is 379 g/mol. The summed E-state index contributed by atoms with van der Waals surface area (Å²) in [4.78, 5) is 11.6. The van der Waals surface area contributed by atoms with Gasteiger partial charge in [-0.25, -0.2) is 14.5 Å². The summed E-state index contributed by atoms with van der Waals surface area (Å²) in [5, 5.41) is 11.9. The number of ether oxygens (including phenoxy) is 1. The van der Waals surface area contributed by atoms with Crippen molar-refractivity contribution in [3.8, 4) is 5.75 Å². The molecule has 2 aromatic carbocycles. The molecule has 28 heavy (non-hydrogen) atoms. The number of carbonyl (C=O) groups is 1. The molecule has 0 saturated carbocycles. The molecule has 0 aliphatic rings. The molecule has 0 unspecified atom stereocenters. The maximum atomic E-state index is 13.0. The van der Waals surface area contributed by atoms with Gasteiger partial charge in [0.05, 0.1) is 12.7 Å². The monoisotopic (exact) mass is 379 g/mol. The first-order valence-electron chi connectivity index (χ1n) is 8.50. The number of nitrogens with zero attached hydrogens (tertiary/aromatic N) is 4. The van der Waals surface area contributed by atoms with Crippen LogP contribution in [0.15, 0.2) is 72.0 Å². The summed E-state index contributed by atoms with van der Waals surface area (Å²) in [6.07, 6.45) is 6.57. The van der Waals surface area contributed by atoms with E-state index in [1.54, 1.807) is 22.9 Å². The summed E-state index contributed by atoms with van der Waals surface area (Å²) < 4.78 is 19.9. The topological polar surface area (TPSA) is 81.4 Å². The zero-order valence-electron chi connectivity index (χ0n) is 14.9. The van der Waals surface area contributed by atoms with Gasteiger partial charge in [-0.3, -0.25) is 4.79 Å². The number of carbonyl (C=O) groups excluding carboxylic acids is 1. The van der Waals surface area contributed by atoms with Crippen molar-refractivity contribution in [1.82, 2.24) is 20.4 Å². The zero-order chi connectivity index (χ0) is 19.6. The second-order valence-electron chi connectivity index (χ2n) is 5.74. The molecule has 0 aliphatic carbocycles. The van der Waals surface area contributed by atoms with Crippen LogP contribution >= 0.6 is 0 Å². The van der Waals surface area contributed by atoms with Crippen LogP contribution < -0.4 is 10.2 Å². The largest absolute Gasteiger partial charge is 0.484 e. The van der Waals surface area contributed by atoms with Crippen LogP contribution in [0, 0.1) is 5.82 Å². The molecule has 0 bridgehead atoms. The number of hydrogen-bond donors (Lipinski definition) is 1. The molecule has 1 heterocycles. The minimum absolute atomic E-state index is 0.266. The van der Waals surface area contributed by atoms with Gasteiger partial charge in [0.1, 0.15) is 17.3 Å². The lowest BCUT2D eigenvalue weighted by Crippen LogP contribution is -2.24. The fraction of sp³-hybridized carbons (Fsp3) is 0.100. The summed E-state index contributed by atoms with van der Waals surface area (Å²) in [7, 11) is 0. The quantitative estimate of drug-likeness (QED) is 0.482. The van der Waals surface area contributed by atoms with Crippen molar-refractivity contribution in [2.75, 3.05) is 6.61 Å². The van der Waals surface area contributed by atoms with Crippen LogP contribution in [0.3, 0.4) is 0 Å². The molecule has 0 radical (unpaired) electrons. The van der Waals surface area contributed by atoms with Gasteiger partial charge in [0.15, 0.2) is 6.61 Å². The smallest absolute Gasteiger partial charge is 0.277 e. The first-order chi connectivity index (χ1) is 13.7. The van der Waals surface area contributed by atoms with Crippen LogP contribution in [-0.2, 0) is 11.3 Å². The summed E-state index contributed by atoms with van der Waals surface area (Å²) in [5.41, 5.74) is 4.11. The van der Waals surface area contributed by atoms with Gasteiger partial charge in [0.2, 0.25) is 0 Å². The Morgan fingerprint density at radius 3 is 2.89 bits per heavy atom. The molecule has 0 saturated heterocycles. The van der Waals surface area contributed by atoms with Gasteiger partial charge in [-0.2, -0.15) is 5.10 Å². The van der Waals surface area contributed by atoms with E-state index in [9.17, 15) is 9.18 Å². The fourth-order valence-electron chi connectivity index (χ4n) is 2.27. The molecule has 0 fully saturated rings. The Hall–Kier alpha value is -3.81. The van der Waals surface area contributed by atoms with Crippen LogP contribution in [0.5, 0.6) is 5.75 Å². The van der Waals surface area contributed by atoms with Crippen LogP contribution in [0.2, 0.25) is 0 Å². The van der Waals surface area contributed by atoms with Gasteiger partial charge in [0.25, 0.3) is 5.91 Å². The molecule has 3 aromatic rings. The third-order valence-corrected chi connectivity index (χ3v) is 3.53. The Morgan fingerprint density at radius 2 is 2.07 bits per heavy atom. The lowest BCUT2D eigenvalue weighted by atomic mass is 10.2. The number of benzene rings is 2. The molecule has 142 valence electrons. The Kier molecular flexibility index (Phi) is 6.62. The number of halogens is 1. The number of hydrogen-bond acceptors (Lipinski definition) is 5. The second-order valence-corrected chi connectivity index (χ2v) is 5.74. The lowest BCUT2D eigenvalue weighted by Gasteiger charge is -2.04. The maximum Gasteiger partial charge on any atom is 0.277 e. The molecule has 0 spiro atoms. The molecule has 1 amide bonds. The number of rotatable bonds is 8. The van der Waals surface area contributed by atoms with Crippen LogP contribution in [-0.4, -0.2) is 33.7 Å². The predicted molar refractivity (Wildman–Crippen MR) is 103 cm³/mol. The van der Waals surface area contributed by atoms with E-state index in [0.717, 1.165) is 5.56 Å². The molecule has 7 nitrogen and oxygen atoms in total. The first kappa shape index (κ1) is 19.0. The van der Waals surface area contributed by atoms with Crippen molar-refractivity contribution >= 4 is 18.2 Å². The number of hydrazone groups is 1. The minimum atomic E-state index is -0.456. The Bertz CT molecular complexity index is 969. The number of allylic oxidation sites excluding steroid dienone is 1. The van der Waals surface area contributed by atoms with Gasteiger partial charge in [-0.05, 0) is 29.8 Å². The molecule has 0 atom stereocenters. The van der Waals surface area contributed by atoms with Gasteiger partial charge in [0, 0.05) is 12.3 Å². The number of amides is 1. The van der Waals surface area contributed by atoms with E-state index in [2.05, 4.69) is 20.8 Å². The number of aromatic nitrogens is 3. The highest BCUT2D eigenvalue weighted by atomic mass is 19.1. The normalized spacial score (nSPS) is 11.2. The van der Waals surface area contributed by atoms with Crippen molar-refractivity contribution in [3.63, 3.8) is 0 Å². The highest BCUT2D eigenvalue weighted by Crippen LogP contribution is 2.11. The number of nitrogens with one attached hydrogen (secondary N) is 1. The van der Waals surface area contributed by atoms with Crippen LogP contribution in [0.1, 0.15) is 11.3 Å². The van der Waals surface area contributed by atoms with E-state index in [0.29, 0.717) is 12.2 Å². The average Bonchev–Trinajstić information content (AvgIpc) is 3.14. The van der Waals surface area contributed by atoms with Gasteiger partial charge >= 0.3 is 0 Å². The molecule has 1 N–H and O–H groups in total. The molecule has 3 rings (SSSR count). The molecular formula is C20H18FN5O2. The minimum Gasteiger partial charge on any atom is -0.484 e. The summed E-state index contributed by atoms with van der Waals surface area (Å²) in [5.74, 6) is -0.609. The van der Waals surface area contributed by atoms with E-state index >= 15 is 0 Å². The molecule has 0 aliphatic heterocycles. The van der Waals surface area contributed by atoms with Gasteiger partial charge in [-0.15, -0.1) is 5.10 Å². The zero-order valence-corrected chi connectivity index (χ0v) is 14.9. The highest BCUT2D eigenvalue weighted by molar-refractivity contribution is 5.81. The van der Waals surface area contributed by atoms with Crippen molar-refractivity contribution in [3.05, 3.63) is 83.9 Å². The SMILES string of the molecule is O=C(COc1cccc(F)c1)N/N=C\C=C\c1cn(Cc2ccccc2)nn1. The second kappa shape index (κ2) is 9.77. The van der Waals surface area contributed by atoms with Crippen molar-refractivity contribution < 1.29 is 13.9 Å². The Balaban J connectivity index is 1.40. The summed E-state index contributed by atoms with van der Waals surface area (Å²) in [6.45, 7) is 0.370.